The van der Waals surface area contributed by atoms with Gasteiger partial charge >= 0.3 is 16.9 Å². The maximum absolute atomic E-state index is 12.5. The number of phenols is 2. The van der Waals surface area contributed by atoms with Crippen LogP contribution in [0.5, 0.6) is 34.5 Å². The quantitative estimate of drug-likeness (QED) is 0.0589. The van der Waals surface area contributed by atoms with Gasteiger partial charge in [-0.1, -0.05) is 34.1 Å². The molecule has 6 aromatic carbocycles. The summed E-state index contributed by atoms with van der Waals surface area (Å²) in [4.78, 5) is 36.6. The Labute approximate surface area is 437 Å². The van der Waals surface area contributed by atoms with Crippen LogP contribution in [0.3, 0.4) is 0 Å². The minimum atomic E-state index is -0.459. The van der Waals surface area contributed by atoms with E-state index in [-0.39, 0.29) is 42.9 Å². The standard InChI is InChI=1S/C21H22O5.C17H14O5.C17H16O4.C4H8O2.CH4/c1-2-3-9-24-14-4-7-18-17-6-5-15(25-16-8-10-23-13-16)11-19(17)21(22)26-20(18)12-14;18-10-1-3-14-13-4-2-11(21-12-5-6-20-9-12)8-15(13)17(19)22-16(14)7-10;1-2-3-8-20-12-5-7-14-13-6-4-11(18)9-15(13)17(19)21-16(14)10-12;5-4-1-2-6-3-4;/h4-7,11-12,16H,2-3,8-10,13H2,1H3;1-4,7-8,12,18H,5-6,9H2;4-7,9-10,18H,2-3,8H2,1H3;4-5H,1-3H2;1H4. The fourth-order valence-electron chi connectivity index (χ4n) is 8.81. The molecule has 0 amide bonds. The molecule has 3 fully saturated rings. The fourth-order valence-corrected chi connectivity index (χ4v) is 8.81. The van der Waals surface area contributed by atoms with E-state index in [1.54, 1.807) is 48.5 Å². The lowest BCUT2D eigenvalue weighted by atomic mass is 10.1. The first-order valence-electron chi connectivity index (χ1n) is 25.4. The minimum absolute atomic E-state index is 0. The molecule has 16 nitrogen and oxygen atoms in total. The molecule has 0 spiro atoms. The zero-order chi connectivity index (χ0) is 52.3. The van der Waals surface area contributed by atoms with Gasteiger partial charge in [0.15, 0.2) is 0 Å². The molecule has 0 saturated carbocycles. The van der Waals surface area contributed by atoms with E-state index in [0.29, 0.717) is 96.4 Å². The van der Waals surface area contributed by atoms with Gasteiger partial charge in [0.1, 0.15) is 63.5 Å². The van der Waals surface area contributed by atoms with Gasteiger partial charge in [-0.15, -0.1) is 0 Å². The lowest BCUT2D eigenvalue weighted by molar-refractivity contribution is 0.127. The summed E-state index contributed by atoms with van der Waals surface area (Å²) in [6.45, 7) is 9.38. The van der Waals surface area contributed by atoms with Gasteiger partial charge in [0.2, 0.25) is 0 Å². The van der Waals surface area contributed by atoms with Gasteiger partial charge in [-0.3, -0.25) is 0 Å². The Morgan fingerprint density at radius 1 is 0.447 bits per heavy atom. The Balaban J connectivity index is 0.000000143. The summed E-state index contributed by atoms with van der Waals surface area (Å²) in [5, 5.41) is 33.9. The molecule has 9 aromatic rings. The van der Waals surface area contributed by atoms with Crippen LogP contribution in [0.25, 0.3) is 65.2 Å². The van der Waals surface area contributed by atoms with Crippen molar-refractivity contribution >= 4 is 65.2 Å². The predicted octanol–water partition coefficient (Wildman–Crippen LogP) is 11.3. The molecule has 16 heteroatoms. The first-order chi connectivity index (χ1) is 36.5. The zero-order valence-corrected chi connectivity index (χ0v) is 41.9. The van der Waals surface area contributed by atoms with Crippen LogP contribution in [0.4, 0.5) is 0 Å². The van der Waals surface area contributed by atoms with E-state index in [2.05, 4.69) is 13.8 Å². The number of benzene rings is 6. The molecule has 3 aromatic heterocycles. The Morgan fingerprint density at radius 3 is 1.24 bits per heavy atom. The van der Waals surface area contributed by atoms with Crippen molar-refractivity contribution in [3.8, 4) is 34.5 Å². The Bertz CT molecular complexity index is 3580. The lowest BCUT2D eigenvalue weighted by Crippen LogP contribution is -2.15. The number of aliphatic hydroxyl groups is 1. The normalized spacial score (nSPS) is 16.9. The minimum Gasteiger partial charge on any atom is -0.508 e. The van der Waals surface area contributed by atoms with Crippen molar-refractivity contribution in [2.45, 2.75) is 84.5 Å². The number of rotatable bonds is 12. The van der Waals surface area contributed by atoms with Crippen LogP contribution in [-0.4, -0.2) is 86.5 Å². The van der Waals surface area contributed by atoms with E-state index < -0.39 is 11.3 Å². The SMILES string of the molecule is C.CCCCOc1ccc2c(c1)oc(=O)c1cc(O)ccc12.CCCCOc1ccc2c(c1)oc(=O)c1cc(OC3CCOC3)ccc12.O=c1oc2cc(O)ccc2c2ccc(OC3CCOC3)cc12.OC1CCOC1. The first-order valence-corrected chi connectivity index (χ1v) is 25.4. The summed E-state index contributed by atoms with van der Waals surface area (Å²) in [6, 6.07) is 31.5. The topological polar surface area (TPSA) is 216 Å². The van der Waals surface area contributed by atoms with Crippen molar-refractivity contribution in [3.05, 3.63) is 140 Å². The van der Waals surface area contributed by atoms with Crippen LogP contribution in [0.2, 0.25) is 0 Å². The number of aromatic hydroxyl groups is 2. The highest BCUT2D eigenvalue weighted by molar-refractivity contribution is 6.06. The second-order valence-electron chi connectivity index (χ2n) is 18.4. The third-order valence-corrected chi connectivity index (χ3v) is 12.8. The van der Waals surface area contributed by atoms with Crippen LogP contribution in [-0.2, 0) is 14.2 Å². The molecule has 3 aliphatic heterocycles. The number of aliphatic hydroxyl groups excluding tert-OH is 1. The van der Waals surface area contributed by atoms with Crippen LogP contribution >= 0.6 is 0 Å². The molecule has 0 radical (unpaired) electrons. The summed E-state index contributed by atoms with van der Waals surface area (Å²) in [6.07, 6.45) is 6.55. The summed E-state index contributed by atoms with van der Waals surface area (Å²) >= 11 is 0. The Hall–Kier alpha value is -7.63. The van der Waals surface area contributed by atoms with Gasteiger partial charge in [0.05, 0.1) is 68.5 Å². The number of fused-ring (bicyclic) bond motifs is 9. The second-order valence-corrected chi connectivity index (χ2v) is 18.4. The number of unbranched alkanes of at least 4 members (excludes halogenated alkanes) is 2. The highest BCUT2D eigenvalue weighted by atomic mass is 16.6. The van der Waals surface area contributed by atoms with E-state index in [1.807, 2.05) is 48.5 Å². The third-order valence-electron chi connectivity index (χ3n) is 12.8. The molecule has 0 aliphatic carbocycles. The van der Waals surface area contributed by atoms with Gasteiger partial charge in [-0.2, -0.15) is 0 Å². The van der Waals surface area contributed by atoms with Crippen molar-refractivity contribution in [3.63, 3.8) is 0 Å². The largest absolute Gasteiger partial charge is 0.508 e. The monoisotopic (exact) mass is 1040 g/mol. The molecular weight excluding hydrogens is 977 g/mol. The van der Waals surface area contributed by atoms with Gasteiger partial charge < -0.3 is 61.7 Å². The summed E-state index contributed by atoms with van der Waals surface area (Å²) in [7, 11) is 0. The average Bonchev–Trinajstić information content (AvgIpc) is 4.27. The third kappa shape index (κ3) is 13.4. The molecule has 12 rings (SSSR count). The van der Waals surface area contributed by atoms with Gasteiger partial charge in [0.25, 0.3) is 0 Å². The zero-order valence-electron chi connectivity index (χ0n) is 41.9. The van der Waals surface area contributed by atoms with E-state index in [4.69, 9.17) is 51.5 Å². The molecule has 400 valence electrons. The first kappa shape index (κ1) is 54.6. The van der Waals surface area contributed by atoms with Crippen molar-refractivity contribution in [1.29, 1.82) is 0 Å². The van der Waals surface area contributed by atoms with E-state index >= 15 is 0 Å². The maximum atomic E-state index is 12.5. The summed E-state index contributed by atoms with van der Waals surface area (Å²) in [5.41, 5.74) is 0.128. The summed E-state index contributed by atoms with van der Waals surface area (Å²) in [5.74, 6) is 2.82. The van der Waals surface area contributed by atoms with Gasteiger partial charge in [-0.25, -0.2) is 14.4 Å². The summed E-state index contributed by atoms with van der Waals surface area (Å²) < 4.78 is 54.6. The molecular formula is C60H64O16. The van der Waals surface area contributed by atoms with Gasteiger partial charge in [-0.05, 0) is 110 Å². The predicted molar refractivity (Wildman–Crippen MR) is 292 cm³/mol. The molecule has 76 heavy (non-hydrogen) atoms. The van der Waals surface area contributed by atoms with Crippen LogP contribution < -0.4 is 35.8 Å². The molecule has 3 N–H and O–H groups in total. The molecule has 3 unspecified atom stereocenters. The van der Waals surface area contributed by atoms with Crippen LogP contribution in [0.15, 0.2) is 137 Å². The van der Waals surface area contributed by atoms with Crippen molar-refractivity contribution in [2.75, 3.05) is 52.9 Å². The van der Waals surface area contributed by atoms with Crippen molar-refractivity contribution in [2.24, 2.45) is 0 Å². The Kier molecular flexibility index (Phi) is 18.5. The number of hydrogen-bond donors (Lipinski definition) is 3. The van der Waals surface area contributed by atoms with Crippen LogP contribution in [0.1, 0.15) is 66.2 Å². The van der Waals surface area contributed by atoms with Crippen molar-refractivity contribution < 1.29 is 61.7 Å². The fraction of sp³-hybridized carbons (Fsp3) is 0.350. The Morgan fingerprint density at radius 2 is 0.829 bits per heavy atom. The highest BCUT2D eigenvalue weighted by Gasteiger charge is 2.20. The lowest BCUT2D eigenvalue weighted by Gasteiger charge is -2.12. The highest BCUT2D eigenvalue weighted by Crippen LogP contribution is 2.32. The molecule has 0 bridgehead atoms. The van der Waals surface area contributed by atoms with Crippen LogP contribution in [0, 0.1) is 0 Å². The second kappa shape index (κ2) is 25.7. The van der Waals surface area contributed by atoms with E-state index in [1.165, 1.54) is 12.1 Å². The van der Waals surface area contributed by atoms with Crippen molar-refractivity contribution in [1.82, 2.24) is 0 Å². The van der Waals surface area contributed by atoms with Gasteiger partial charge in [0, 0.05) is 70.0 Å². The van der Waals surface area contributed by atoms with E-state index in [9.17, 15) is 24.6 Å². The van der Waals surface area contributed by atoms with E-state index in [0.717, 1.165) is 89.6 Å². The number of ether oxygens (including phenoxy) is 7. The molecule has 3 saturated heterocycles. The molecule has 3 atom stereocenters. The number of hydrogen-bond acceptors (Lipinski definition) is 16. The number of phenolic OH excluding ortho intramolecular Hbond substituents is 2. The molecule has 3 aliphatic rings. The smallest absolute Gasteiger partial charge is 0.344 e. The molecule has 6 heterocycles. The average molecular weight is 1040 g/mol. The maximum Gasteiger partial charge on any atom is 0.344 e.